The molecule has 0 spiro atoms. The van der Waals surface area contributed by atoms with E-state index in [-0.39, 0.29) is 11.8 Å². The zero-order valence-corrected chi connectivity index (χ0v) is 10.1. The third-order valence-electron chi connectivity index (χ3n) is 2.23. The molecule has 82 valence electrons. The van der Waals surface area contributed by atoms with Gasteiger partial charge in [-0.3, -0.25) is 0 Å². The van der Waals surface area contributed by atoms with Gasteiger partial charge in [0.15, 0.2) is 10.3 Å². The minimum Gasteiger partial charge on any atom is -0.394 e. The summed E-state index contributed by atoms with van der Waals surface area (Å²) >= 11 is 6.93. The summed E-state index contributed by atoms with van der Waals surface area (Å²) in [6.07, 6.45) is 0.753. The molecule has 2 N–H and O–H groups in total. The lowest BCUT2D eigenvalue weighted by Crippen LogP contribution is -2.37. The van der Waals surface area contributed by atoms with Crippen molar-refractivity contribution in [3.05, 3.63) is 10.0 Å². The zero-order valence-electron chi connectivity index (χ0n) is 8.54. The van der Waals surface area contributed by atoms with E-state index in [1.807, 2.05) is 19.9 Å². The second-order valence-corrected chi connectivity index (χ2v) is 4.81. The quantitative estimate of drug-likeness (QED) is 0.854. The molecule has 1 aromatic rings. The molecule has 4 nitrogen and oxygen atoms in total. The highest BCUT2D eigenvalue weighted by molar-refractivity contribution is 7.16. The second kappa shape index (κ2) is 4.79. The molecule has 0 aliphatic heterocycles. The Balaban J connectivity index is 2.86. The first-order valence-electron chi connectivity index (χ1n) is 4.50. The largest absolute Gasteiger partial charge is 0.394 e. The van der Waals surface area contributed by atoms with E-state index >= 15 is 0 Å². The number of rotatable bonds is 4. The molecule has 0 aliphatic carbocycles. The fourth-order valence-electron chi connectivity index (χ4n) is 0.922. The Kier molecular flexibility index (Phi) is 3.91. The molecule has 1 heterocycles. The highest BCUT2D eigenvalue weighted by Crippen LogP contribution is 2.28. The Morgan fingerprint density at radius 2 is 2.40 bits per heavy atom. The summed E-state index contributed by atoms with van der Waals surface area (Å²) in [4.78, 5) is 4.39. The maximum atomic E-state index is 9.20. The van der Waals surface area contributed by atoms with Crippen LogP contribution in [-0.4, -0.2) is 22.2 Å². The Morgan fingerprint density at radius 1 is 1.73 bits per heavy atom. The van der Waals surface area contributed by atoms with Crippen LogP contribution in [-0.2, 0) is 0 Å². The van der Waals surface area contributed by atoms with E-state index in [1.165, 1.54) is 11.3 Å². The van der Waals surface area contributed by atoms with Crippen molar-refractivity contribution in [3.63, 3.8) is 0 Å². The van der Waals surface area contributed by atoms with E-state index in [2.05, 4.69) is 10.3 Å². The molecule has 0 saturated carbocycles. The minimum absolute atomic E-state index is 0.00257. The number of hydrogen-bond acceptors (Lipinski definition) is 5. The van der Waals surface area contributed by atoms with Crippen LogP contribution in [0.1, 0.15) is 25.1 Å². The van der Waals surface area contributed by atoms with Crippen molar-refractivity contribution in [1.29, 1.82) is 5.26 Å². The molecule has 1 rings (SSSR count). The minimum atomic E-state index is -0.423. The summed E-state index contributed by atoms with van der Waals surface area (Å²) in [5, 5.41) is 21.7. The van der Waals surface area contributed by atoms with Crippen molar-refractivity contribution in [2.24, 2.45) is 0 Å². The number of thiazole rings is 1. The molecule has 0 radical (unpaired) electrons. The van der Waals surface area contributed by atoms with Gasteiger partial charge < -0.3 is 10.4 Å². The van der Waals surface area contributed by atoms with E-state index < -0.39 is 5.54 Å². The lowest BCUT2D eigenvalue weighted by molar-refractivity contribution is 0.219. The average molecular weight is 246 g/mol. The SMILES string of the molecule is CCC(C)(CO)Nc1nc(Cl)c(C#N)s1. The van der Waals surface area contributed by atoms with Crippen LogP contribution in [0, 0.1) is 11.3 Å². The molecular weight excluding hydrogens is 234 g/mol. The van der Waals surface area contributed by atoms with Gasteiger partial charge in [-0.15, -0.1) is 0 Å². The molecule has 0 fully saturated rings. The molecule has 0 saturated heterocycles. The smallest absolute Gasteiger partial charge is 0.185 e. The molecule has 1 aromatic heterocycles. The first-order valence-corrected chi connectivity index (χ1v) is 5.69. The molecule has 6 heteroatoms. The van der Waals surface area contributed by atoms with Crippen molar-refractivity contribution < 1.29 is 5.11 Å². The number of aromatic nitrogens is 1. The highest BCUT2D eigenvalue weighted by atomic mass is 35.5. The molecule has 0 amide bonds. The van der Waals surface area contributed by atoms with Gasteiger partial charge in [0.05, 0.1) is 12.1 Å². The summed E-state index contributed by atoms with van der Waals surface area (Å²) < 4.78 is 0. The highest BCUT2D eigenvalue weighted by Gasteiger charge is 2.22. The van der Waals surface area contributed by atoms with Gasteiger partial charge in [0.25, 0.3) is 0 Å². The van der Waals surface area contributed by atoms with Crippen LogP contribution in [0.4, 0.5) is 5.13 Å². The topological polar surface area (TPSA) is 68.9 Å². The van der Waals surface area contributed by atoms with Crippen LogP contribution >= 0.6 is 22.9 Å². The van der Waals surface area contributed by atoms with E-state index in [1.54, 1.807) is 0 Å². The third-order valence-corrected chi connectivity index (χ3v) is 3.49. The van der Waals surface area contributed by atoms with Crippen LogP contribution in [0.2, 0.25) is 5.15 Å². The fourth-order valence-corrected chi connectivity index (χ4v) is 2.02. The van der Waals surface area contributed by atoms with E-state index in [9.17, 15) is 5.11 Å². The number of nitrogens with one attached hydrogen (secondary N) is 1. The number of aliphatic hydroxyl groups is 1. The third kappa shape index (κ3) is 2.81. The normalized spacial score (nSPS) is 14.3. The van der Waals surface area contributed by atoms with Gasteiger partial charge in [-0.25, -0.2) is 4.98 Å². The lowest BCUT2D eigenvalue weighted by Gasteiger charge is -2.26. The van der Waals surface area contributed by atoms with Gasteiger partial charge in [-0.05, 0) is 13.3 Å². The number of hydrogen-bond donors (Lipinski definition) is 2. The molecule has 15 heavy (non-hydrogen) atoms. The van der Waals surface area contributed by atoms with Gasteiger partial charge in [0.1, 0.15) is 10.9 Å². The van der Waals surface area contributed by atoms with Gasteiger partial charge in [-0.2, -0.15) is 5.26 Å². The maximum absolute atomic E-state index is 9.20. The van der Waals surface area contributed by atoms with Crippen LogP contribution in [0.3, 0.4) is 0 Å². The van der Waals surface area contributed by atoms with Crippen LogP contribution < -0.4 is 5.32 Å². The molecular formula is C9H12ClN3OS. The second-order valence-electron chi connectivity index (χ2n) is 3.45. The predicted octanol–water partition coefficient (Wildman–Crippen LogP) is 2.24. The number of nitriles is 1. The molecule has 0 aliphatic rings. The van der Waals surface area contributed by atoms with Crippen LogP contribution in [0.25, 0.3) is 0 Å². The van der Waals surface area contributed by atoms with E-state index in [0.29, 0.717) is 10.0 Å². The number of aliphatic hydroxyl groups excluding tert-OH is 1. The Labute approximate surface area is 97.5 Å². The Hall–Kier alpha value is -0.830. The fraction of sp³-hybridized carbons (Fsp3) is 0.556. The standard InChI is InChI=1S/C9H12ClN3OS/c1-3-9(2,5-14)13-8-12-7(10)6(4-11)15-8/h14H,3,5H2,1-2H3,(H,12,13). The summed E-state index contributed by atoms with van der Waals surface area (Å²) in [6, 6.07) is 1.96. The summed E-state index contributed by atoms with van der Waals surface area (Å²) in [5.74, 6) is 0. The van der Waals surface area contributed by atoms with Crippen molar-refractivity contribution in [2.45, 2.75) is 25.8 Å². The predicted molar refractivity (Wildman–Crippen MR) is 61.2 cm³/mol. The van der Waals surface area contributed by atoms with Crippen molar-refractivity contribution in [1.82, 2.24) is 4.98 Å². The summed E-state index contributed by atoms with van der Waals surface area (Å²) in [5.41, 5.74) is -0.423. The van der Waals surface area contributed by atoms with Gasteiger partial charge >= 0.3 is 0 Å². The van der Waals surface area contributed by atoms with Gasteiger partial charge in [0, 0.05) is 0 Å². The number of halogens is 1. The summed E-state index contributed by atoms with van der Waals surface area (Å²) in [6.45, 7) is 3.85. The average Bonchev–Trinajstić information content (AvgIpc) is 2.58. The molecule has 1 unspecified atom stereocenters. The summed E-state index contributed by atoms with van der Waals surface area (Å²) in [7, 11) is 0. The van der Waals surface area contributed by atoms with E-state index in [0.717, 1.165) is 6.42 Å². The Morgan fingerprint density at radius 3 is 2.80 bits per heavy atom. The Bertz CT molecular complexity index is 381. The first kappa shape index (κ1) is 12.2. The molecule has 1 atom stereocenters. The monoisotopic (exact) mass is 245 g/mol. The lowest BCUT2D eigenvalue weighted by atomic mass is 10.0. The zero-order chi connectivity index (χ0) is 11.5. The first-order chi connectivity index (χ1) is 7.04. The molecule has 0 bridgehead atoms. The molecule has 0 aromatic carbocycles. The number of anilines is 1. The van der Waals surface area contributed by atoms with Crippen molar-refractivity contribution in [2.75, 3.05) is 11.9 Å². The van der Waals surface area contributed by atoms with Gasteiger partial charge in [0.2, 0.25) is 0 Å². The van der Waals surface area contributed by atoms with Gasteiger partial charge in [-0.1, -0.05) is 29.9 Å². The van der Waals surface area contributed by atoms with Crippen LogP contribution in [0.15, 0.2) is 0 Å². The van der Waals surface area contributed by atoms with Crippen molar-refractivity contribution in [3.8, 4) is 6.07 Å². The van der Waals surface area contributed by atoms with Crippen LogP contribution in [0.5, 0.6) is 0 Å². The number of nitrogens with zero attached hydrogens (tertiary/aromatic N) is 2. The van der Waals surface area contributed by atoms with E-state index in [4.69, 9.17) is 16.9 Å². The maximum Gasteiger partial charge on any atom is 0.185 e. The van der Waals surface area contributed by atoms with Crippen molar-refractivity contribution >= 4 is 28.1 Å².